The molecule has 0 N–H and O–H groups in total. The van der Waals surface area contributed by atoms with E-state index in [-0.39, 0.29) is 37.5 Å². The van der Waals surface area contributed by atoms with Crippen LogP contribution in [0.15, 0.2) is 122 Å². The number of ether oxygens (including phenoxy) is 3. The van der Waals surface area contributed by atoms with Gasteiger partial charge in [-0.25, -0.2) is 0 Å². The fraction of sp³-hybridized carbons (Fsp3) is 0.617. The second-order valence-corrected chi connectivity index (χ2v) is 17.0. The predicted molar refractivity (Wildman–Crippen MR) is 283 cm³/mol. The van der Waals surface area contributed by atoms with E-state index in [0.717, 1.165) is 135 Å². The van der Waals surface area contributed by atoms with E-state index in [0.29, 0.717) is 19.3 Å². The average molecular weight is 913 g/mol. The maximum Gasteiger partial charge on any atom is 0.306 e. The van der Waals surface area contributed by atoms with Gasteiger partial charge in [-0.3, -0.25) is 14.4 Å². The van der Waals surface area contributed by atoms with Gasteiger partial charge in [0.15, 0.2) is 6.10 Å². The zero-order valence-electron chi connectivity index (χ0n) is 42.4. The van der Waals surface area contributed by atoms with Crippen LogP contribution in [0.2, 0.25) is 0 Å². The van der Waals surface area contributed by atoms with Crippen LogP contribution in [0.1, 0.15) is 220 Å². The lowest BCUT2D eigenvalue weighted by Crippen LogP contribution is -2.30. The summed E-state index contributed by atoms with van der Waals surface area (Å²) in [7, 11) is 0. The van der Waals surface area contributed by atoms with Gasteiger partial charge in [0.1, 0.15) is 13.2 Å². The van der Waals surface area contributed by atoms with Gasteiger partial charge in [0.25, 0.3) is 0 Å². The van der Waals surface area contributed by atoms with Gasteiger partial charge in [-0.15, -0.1) is 0 Å². The highest BCUT2D eigenvalue weighted by molar-refractivity contribution is 5.71. The van der Waals surface area contributed by atoms with Crippen LogP contribution in [-0.2, 0) is 28.6 Å². The highest BCUT2D eigenvalue weighted by Crippen LogP contribution is 2.14. The molecule has 0 aromatic rings. The highest BCUT2D eigenvalue weighted by atomic mass is 16.6. The van der Waals surface area contributed by atoms with Gasteiger partial charge >= 0.3 is 17.9 Å². The van der Waals surface area contributed by atoms with E-state index in [1.165, 1.54) is 38.5 Å². The topological polar surface area (TPSA) is 78.9 Å². The van der Waals surface area contributed by atoms with Crippen molar-refractivity contribution in [1.29, 1.82) is 0 Å². The molecule has 0 aliphatic rings. The van der Waals surface area contributed by atoms with Crippen LogP contribution in [0.25, 0.3) is 0 Å². The first kappa shape index (κ1) is 61.8. The first-order valence-corrected chi connectivity index (χ1v) is 26.5. The van der Waals surface area contributed by atoms with Crippen molar-refractivity contribution in [2.24, 2.45) is 0 Å². The molecule has 0 fully saturated rings. The van der Waals surface area contributed by atoms with E-state index < -0.39 is 6.10 Å². The van der Waals surface area contributed by atoms with Crippen molar-refractivity contribution in [3.8, 4) is 0 Å². The SMILES string of the molecule is CC/C=C\C/C=C\C/C=C\C/C=C\C/C=C\CCCC(=O)OC(COC(=O)CCCCCCC/C=C\C/C=C\CC)COC(=O)CCCCCCCCCCC/C=C\C/C=C\C/C=C\CC. The Hall–Kier alpha value is -4.19. The van der Waals surface area contributed by atoms with Crippen LogP contribution in [0.3, 0.4) is 0 Å². The predicted octanol–water partition coefficient (Wildman–Crippen LogP) is 17.7. The Morgan fingerprint density at radius 2 is 0.561 bits per heavy atom. The Morgan fingerprint density at radius 3 is 0.894 bits per heavy atom. The van der Waals surface area contributed by atoms with Gasteiger partial charge < -0.3 is 14.2 Å². The molecule has 1 atom stereocenters. The van der Waals surface area contributed by atoms with Crippen LogP contribution >= 0.6 is 0 Å². The summed E-state index contributed by atoms with van der Waals surface area (Å²) in [5.41, 5.74) is 0. The van der Waals surface area contributed by atoms with Gasteiger partial charge in [-0.1, -0.05) is 206 Å². The van der Waals surface area contributed by atoms with Gasteiger partial charge in [-0.2, -0.15) is 0 Å². The molecule has 0 aliphatic heterocycles. The third-order valence-corrected chi connectivity index (χ3v) is 10.7. The monoisotopic (exact) mass is 913 g/mol. The number of unbranched alkanes of at least 4 members (excludes halogenated alkanes) is 15. The summed E-state index contributed by atoms with van der Waals surface area (Å²) >= 11 is 0. The molecule has 66 heavy (non-hydrogen) atoms. The molecule has 0 bridgehead atoms. The normalized spacial score (nSPS) is 13.1. The first-order chi connectivity index (χ1) is 32.5. The van der Waals surface area contributed by atoms with Crippen LogP contribution < -0.4 is 0 Å². The standard InChI is InChI=1S/C60H96O6/c1-4-7-10-13-16-19-22-25-27-29-30-32-33-35-38-41-44-47-50-53-59(62)65-56-57(55-64-58(61)52-49-46-43-40-37-24-21-18-15-12-9-6-3)66-60(63)54-51-48-45-42-39-36-34-31-28-26-23-20-17-14-11-8-5-2/h7-12,16-21,25-28,34,36,42,45,57H,4-6,13-15,22-24,29-33,35,37-41,43-44,46-56H2,1-3H3/b10-7-,11-8-,12-9-,19-16-,20-17-,21-18-,27-25-,28-26-,36-34-,45-42-. The lowest BCUT2D eigenvalue weighted by atomic mass is 10.1. The number of allylic oxidation sites excluding steroid dienone is 20. The van der Waals surface area contributed by atoms with Gasteiger partial charge in [0.05, 0.1) is 0 Å². The summed E-state index contributed by atoms with van der Waals surface area (Å²) in [6, 6.07) is 0. The molecule has 0 aromatic heterocycles. The van der Waals surface area contributed by atoms with Crippen molar-refractivity contribution < 1.29 is 28.6 Å². The zero-order valence-corrected chi connectivity index (χ0v) is 42.4. The minimum atomic E-state index is -0.819. The molecule has 0 spiro atoms. The molecule has 0 heterocycles. The second-order valence-electron chi connectivity index (χ2n) is 17.0. The van der Waals surface area contributed by atoms with E-state index in [1.807, 2.05) is 0 Å². The Balaban J connectivity index is 4.48. The largest absolute Gasteiger partial charge is 0.462 e. The van der Waals surface area contributed by atoms with Crippen molar-refractivity contribution >= 4 is 17.9 Å². The van der Waals surface area contributed by atoms with Crippen LogP contribution in [0.4, 0.5) is 0 Å². The molecule has 0 amide bonds. The molecule has 0 saturated carbocycles. The maximum absolute atomic E-state index is 12.8. The number of hydrogen-bond acceptors (Lipinski definition) is 6. The molecule has 372 valence electrons. The smallest absolute Gasteiger partial charge is 0.306 e. The van der Waals surface area contributed by atoms with Crippen LogP contribution in [0.5, 0.6) is 0 Å². The second kappa shape index (κ2) is 53.4. The van der Waals surface area contributed by atoms with E-state index in [9.17, 15) is 14.4 Å². The Morgan fingerprint density at radius 1 is 0.303 bits per heavy atom. The number of carbonyl (C=O) groups is 3. The van der Waals surface area contributed by atoms with Crippen molar-refractivity contribution in [3.63, 3.8) is 0 Å². The minimum Gasteiger partial charge on any atom is -0.462 e. The average Bonchev–Trinajstić information content (AvgIpc) is 3.31. The molecule has 6 nitrogen and oxygen atoms in total. The molecule has 0 aliphatic carbocycles. The number of carbonyl (C=O) groups excluding carboxylic acids is 3. The summed E-state index contributed by atoms with van der Waals surface area (Å²) in [6.45, 7) is 6.23. The maximum atomic E-state index is 12.8. The minimum absolute atomic E-state index is 0.111. The molecule has 1 unspecified atom stereocenters. The fourth-order valence-electron chi connectivity index (χ4n) is 6.82. The Bertz CT molecular complexity index is 1420. The molecule has 0 saturated heterocycles. The van der Waals surface area contributed by atoms with E-state index in [4.69, 9.17) is 14.2 Å². The van der Waals surface area contributed by atoms with Crippen molar-refractivity contribution in [2.75, 3.05) is 13.2 Å². The van der Waals surface area contributed by atoms with Crippen molar-refractivity contribution in [3.05, 3.63) is 122 Å². The quantitative estimate of drug-likeness (QED) is 0.0262. The Labute approximate surface area is 405 Å². The molecule has 0 aromatic carbocycles. The van der Waals surface area contributed by atoms with E-state index in [2.05, 4.69) is 142 Å². The number of rotatable bonds is 46. The van der Waals surface area contributed by atoms with Crippen LogP contribution in [0, 0.1) is 0 Å². The van der Waals surface area contributed by atoms with Gasteiger partial charge in [0.2, 0.25) is 0 Å². The Kier molecular flexibility index (Phi) is 50.0. The summed E-state index contributed by atoms with van der Waals surface area (Å²) < 4.78 is 16.7. The number of hydrogen-bond donors (Lipinski definition) is 0. The summed E-state index contributed by atoms with van der Waals surface area (Å²) in [5.74, 6) is -0.997. The molecular formula is C60H96O6. The van der Waals surface area contributed by atoms with Crippen molar-refractivity contribution in [1.82, 2.24) is 0 Å². The molecule has 0 radical (unpaired) electrons. The fourth-order valence-corrected chi connectivity index (χ4v) is 6.82. The van der Waals surface area contributed by atoms with E-state index in [1.54, 1.807) is 0 Å². The number of esters is 3. The summed E-state index contributed by atoms with van der Waals surface area (Å²) in [6.07, 6.45) is 73.3. The lowest BCUT2D eigenvalue weighted by molar-refractivity contribution is -0.167. The van der Waals surface area contributed by atoms with Gasteiger partial charge in [-0.05, 0) is 116 Å². The molecule has 6 heteroatoms. The lowest BCUT2D eigenvalue weighted by Gasteiger charge is -2.18. The molecule has 0 rings (SSSR count). The summed E-state index contributed by atoms with van der Waals surface area (Å²) in [4.78, 5) is 38.0. The first-order valence-electron chi connectivity index (χ1n) is 26.5. The third kappa shape index (κ3) is 50.8. The van der Waals surface area contributed by atoms with E-state index >= 15 is 0 Å². The van der Waals surface area contributed by atoms with Gasteiger partial charge in [0, 0.05) is 19.3 Å². The third-order valence-electron chi connectivity index (χ3n) is 10.7. The van der Waals surface area contributed by atoms with Crippen LogP contribution in [-0.4, -0.2) is 37.2 Å². The highest BCUT2D eigenvalue weighted by Gasteiger charge is 2.19. The zero-order chi connectivity index (χ0) is 47.9. The van der Waals surface area contributed by atoms with Crippen molar-refractivity contribution in [2.45, 2.75) is 226 Å². The molecular weight excluding hydrogens is 817 g/mol. The summed E-state index contributed by atoms with van der Waals surface area (Å²) in [5, 5.41) is 0.